The van der Waals surface area contributed by atoms with Crippen molar-refractivity contribution in [3.8, 4) is 0 Å². The maximum absolute atomic E-state index is 14.7. The van der Waals surface area contributed by atoms with Gasteiger partial charge in [0.1, 0.15) is 5.82 Å². The molecule has 1 unspecified atom stereocenters. The van der Waals surface area contributed by atoms with Crippen LogP contribution >= 0.6 is 0 Å². The van der Waals surface area contributed by atoms with Crippen molar-refractivity contribution in [3.05, 3.63) is 71.2 Å². The van der Waals surface area contributed by atoms with E-state index in [4.69, 9.17) is 4.74 Å². The monoisotopic (exact) mass is 409 g/mol. The zero-order chi connectivity index (χ0) is 21.1. The molecule has 1 aromatic heterocycles. The van der Waals surface area contributed by atoms with Gasteiger partial charge in [0.2, 0.25) is 0 Å². The smallest absolute Gasteiger partial charge is 0.253 e. The minimum absolute atomic E-state index is 0.0614. The first kappa shape index (κ1) is 20.1. The number of hydrogen-bond donors (Lipinski definition) is 2. The summed E-state index contributed by atoms with van der Waals surface area (Å²) < 4.78 is 21.9. The van der Waals surface area contributed by atoms with E-state index in [2.05, 4.69) is 10.6 Å². The average Bonchev–Trinajstić information content (AvgIpc) is 3.14. The first-order valence-electron chi connectivity index (χ1n) is 10.0. The normalized spacial score (nSPS) is 16.4. The standard InChI is InChI=1S/C23H24FN3O3/c1-25-22(28)16-9-7-15(8-10-16)12-27-13-18(21-19(24)5-2-6-20(21)27)23(29)26-17-4-3-11-30-14-17/h2,5-10,13,17H,3-4,11-12,14H2,1H3,(H,25,28)(H,26,29). The minimum Gasteiger partial charge on any atom is -0.379 e. The number of carbonyl (C=O) groups excluding carboxylic acids is 2. The van der Waals surface area contributed by atoms with Crippen molar-refractivity contribution in [2.45, 2.75) is 25.4 Å². The number of carbonyl (C=O) groups is 2. The Kier molecular flexibility index (Phi) is 5.81. The molecule has 2 aromatic carbocycles. The summed E-state index contributed by atoms with van der Waals surface area (Å²) in [5.74, 6) is -0.874. The second-order valence-corrected chi connectivity index (χ2v) is 7.47. The molecule has 4 rings (SSSR count). The summed E-state index contributed by atoms with van der Waals surface area (Å²) >= 11 is 0. The third-order valence-electron chi connectivity index (χ3n) is 5.39. The van der Waals surface area contributed by atoms with Crippen molar-refractivity contribution in [1.29, 1.82) is 0 Å². The summed E-state index contributed by atoms with van der Waals surface area (Å²) in [6, 6.07) is 12.0. The predicted molar refractivity (Wildman–Crippen MR) is 112 cm³/mol. The Balaban J connectivity index is 1.63. The van der Waals surface area contributed by atoms with Gasteiger partial charge in [-0.2, -0.15) is 0 Å². The molecule has 7 heteroatoms. The molecule has 2 amide bonds. The van der Waals surface area contributed by atoms with Crippen LogP contribution in [0.5, 0.6) is 0 Å². The molecule has 0 radical (unpaired) electrons. The van der Waals surface area contributed by atoms with E-state index in [9.17, 15) is 14.0 Å². The Hall–Kier alpha value is -3.19. The number of benzene rings is 2. The van der Waals surface area contributed by atoms with Gasteiger partial charge in [-0.15, -0.1) is 0 Å². The van der Waals surface area contributed by atoms with Gasteiger partial charge in [-0.25, -0.2) is 4.39 Å². The van der Waals surface area contributed by atoms with Crippen LogP contribution in [0.15, 0.2) is 48.7 Å². The van der Waals surface area contributed by atoms with Crippen LogP contribution in [-0.4, -0.2) is 42.7 Å². The topological polar surface area (TPSA) is 72.4 Å². The van der Waals surface area contributed by atoms with Crippen LogP contribution in [0.1, 0.15) is 39.1 Å². The number of fused-ring (bicyclic) bond motifs is 1. The molecule has 6 nitrogen and oxygen atoms in total. The number of ether oxygens (including phenoxy) is 1. The van der Waals surface area contributed by atoms with Gasteiger partial charge < -0.3 is 19.9 Å². The van der Waals surface area contributed by atoms with E-state index in [-0.39, 0.29) is 17.9 Å². The largest absolute Gasteiger partial charge is 0.379 e. The van der Waals surface area contributed by atoms with E-state index in [0.717, 1.165) is 18.4 Å². The maximum Gasteiger partial charge on any atom is 0.253 e. The molecule has 2 heterocycles. The fourth-order valence-corrected chi connectivity index (χ4v) is 3.83. The number of nitrogens with one attached hydrogen (secondary N) is 2. The highest BCUT2D eigenvalue weighted by molar-refractivity contribution is 6.07. The molecule has 0 saturated carbocycles. The highest BCUT2D eigenvalue weighted by Gasteiger charge is 2.22. The summed E-state index contributed by atoms with van der Waals surface area (Å²) in [5, 5.41) is 5.87. The van der Waals surface area contributed by atoms with Crippen molar-refractivity contribution in [3.63, 3.8) is 0 Å². The van der Waals surface area contributed by atoms with Gasteiger partial charge in [0.05, 0.1) is 23.7 Å². The maximum atomic E-state index is 14.7. The molecule has 156 valence electrons. The van der Waals surface area contributed by atoms with Crippen LogP contribution < -0.4 is 10.6 Å². The van der Waals surface area contributed by atoms with E-state index in [0.29, 0.717) is 41.8 Å². The van der Waals surface area contributed by atoms with Gasteiger partial charge in [-0.3, -0.25) is 9.59 Å². The highest BCUT2D eigenvalue weighted by atomic mass is 19.1. The molecule has 30 heavy (non-hydrogen) atoms. The molecule has 1 fully saturated rings. The number of rotatable bonds is 5. The van der Waals surface area contributed by atoms with E-state index in [1.54, 1.807) is 37.5 Å². The fourth-order valence-electron chi connectivity index (χ4n) is 3.83. The number of halogens is 1. The number of aromatic nitrogens is 1. The van der Waals surface area contributed by atoms with Crippen molar-refractivity contribution in [2.24, 2.45) is 0 Å². The SMILES string of the molecule is CNC(=O)c1ccc(Cn2cc(C(=O)NC3CCCOC3)c3c(F)cccc32)cc1. The Labute approximate surface area is 174 Å². The predicted octanol–water partition coefficient (Wildman–Crippen LogP) is 3.10. The lowest BCUT2D eigenvalue weighted by Gasteiger charge is -2.22. The number of hydrogen-bond acceptors (Lipinski definition) is 3. The van der Waals surface area contributed by atoms with Crippen molar-refractivity contribution < 1.29 is 18.7 Å². The van der Waals surface area contributed by atoms with Crippen molar-refractivity contribution >= 4 is 22.7 Å². The molecule has 0 spiro atoms. The van der Waals surface area contributed by atoms with E-state index < -0.39 is 5.82 Å². The molecule has 1 aliphatic heterocycles. The van der Waals surface area contributed by atoms with Crippen LogP contribution in [0.4, 0.5) is 4.39 Å². The molecule has 0 bridgehead atoms. The lowest BCUT2D eigenvalue weighted by Crippen LogP contribution is -2.40. The molecular formula is C23H24FN3O3. The Morgan fingerprint density at radius 2 is 1.97 bits per heavy atom. The third kappa shape index (κ3) is 4.07. The van der Waals surface area contributed by atoms with E-state index >= 15 is 0 Å². The van der Waals surface area contributed by atoms with Crippen LogP contribution in [0.2, 0.25) is 0 Å². The second kappa shape index (κ2) is 8.67. The minimum atomic E-state index is -0.425. The molecule has 3 aromatic rings. The lowest BCUT2D eigenvalue weighted by molar-refractivity contribution is 0.0624. The second-order valence-electron chi connectivity index (χ2n) is 7.47. The molecule has 1 saturated heterocycles. The highest BCUT2D eigenvalue weighted by Crippen LogP contribution is 2.26. The van der Waals surface area contributed by atoms with Crippen LogP contribution in [0.25, 0.3) is 10.9 Å². The van der Waals surface area contributed by atoms with Crippen molar-refractivity contribution in [2.75, 3.05) is 20.3 Å². The first-order valence-corrected chi connectivity index (χ1v) is 10.0. The molecule has 1 aliphatic rings. The Morgan fingerprint density at radius 3 is 2.67 bits per heavy atom. The number of amides is 2. The van der Waals surface area contributed by atoms with Gasteiger partial charge in [-0.1, -0.05) is 18.2 Å². The molecule has 2 N–H and O–H groups in total. The third-order valence-corrected chi connectivity index (χ3v) is 5.39. The summed E-state index contributed by atoms with van der Waals surface area (Å²) in [7, 11) is 1.59. The fraction of sp³-hybridized carbons (Fsp3) is 0.304. The van der Waals surface area contributed by atoms with Crippen LogP contribution in [0.3, 0.4) is 0 Å². The van der Waals surface area contributed by atoms with E-state index in [1.807, 2.05) is 16.7 Å². The Morgan fingerprint density at radius 1 is 1.17 bits per heavy atom. The molecular weight excluding hydrogens is 385 g/mol. The van der Waals surface area contributed by atoms with Crippen LogP contribution in [0, 0.1) is 5.82 Å². The average molecular weight is 409 g/mol. The summed E-state index contributed by atoms with van der Waals surface area (Å²) in [4.78, 5) is 24.6. The van der Waals surface area contributed by atoms with E-state index in [1.165, 1.54) is 6.07 Å². The lowest BCUT2D eigenvalue weighted by atomic mass is 10.1. The van der Waals surface area contributed by atoms with Gasteiger partial charge in [-0.05, 0) is 42.7 Å². The zero-order valence-corrected chi connectivity index (χ0v) is 16.8. The van der Waals surface area contributed by atoms with Gasteiger partial charge in [0.15, 0.2) is 0 Å². The van der Waals surface area contributed by atoms with Gasteiger partial charge in [0.25, 0.3) is 11.8 Å². The summed E-state index contributed by atoms with van der Waals surface area (Å²) in [5.41, 5.74) is 2.47. The Bertz CT molecular complexity index is 1070. The van der Waals surface area contributed by atoms with Gasteiger partial charge in [0, 0.05) is 37.3 Å². The zero-order valence-electron chi connectivity index (χ0n) is 16.8. The molecule has 0 aliphatic carbocycles. The number of nitrogens with zero attached hydrogens (tertiary/aromatic N) is 1. The molecule has 1 atom stereocenters. The van der Waals surface area contributed by atoms with Crippen molar-refractivity contribution in [1.82, 2.24) is 15.2 Å². The summed E-state index contributed by atoms with van der Waals surface area (Å²) in [6.45, 7) is 1.64. The van der Waals surface area contributed by atoms with Crippen LogP contribution in [-0.2, 0) is 11.3 Å². The van der Waals surface area contributed by atoms with Gasteiger partial charge >= 0.3 is 0 Å². The summed E-state index contributed by atoms with van der Waals surface area (Å²) in [6.07, 6.45) is 3.44. The quantitative estimate of drug-likeness (QED) is 0.680. The first-order chi connectivity index (χ1) is 14.6.